The molecule has 0 saturated heterocycles. The first-order valence-corrected chi connectivity index (χ1v) is 15.3. The maximum absolute atomic E-state index is 10.8. The molecule has 44 heavy (non-hydrogen) atoms. The number of hydrogen-bond donors (Lipinski definition) is 2. The third kappa shape index (κ3) is 19.4. The first kappa shape index (κ1) is 50.6. The Bertz CT molecular complexity index is 1520. The Kier molecular flexibility index (Phi) is 26.5. The molecule has 29 heteroatoms. The first-order chi connectivity index (χ1) is 18.6. The second-order valence-corrected chi connectivity index (χ2v) is 14.5. The summed E-state index contributed by atoms with van der Waals surface area (Å²) in [6, 6.07) is 0. The summed E-state index contributed by atoms with van der Waals surface area (Å²) in [6.07, 6.45) is 0. The third-order valence-electron chi connectivity index (χ3n) is 3.62. The van der Waals surface area contributed by atoms with E-state index in [1.807, 2.05) is 0 Å². The largest absolute Gasteiger partial charge is 1.00 e. The van der Waals surface area contributed by atoms with E-state index in [0.29, 0.717) is 0 Å². The van der Waals surface area contributed by atoms with Crippen LogP contribution in [-0.4, -0.2) is 50.1 Å². The van der Waals surface area contributed by atoms with Gasteiger partial charge in [0.25, 0.3) is 0 Å². The number of H-pyrrole nitrogens is 2. The second-order valence-electron chi connectivity index (χ2n) is 6.49. The first-order valence-electron chi connectivity index (χ1n) is 9.41. The predicted octanol–water partition coefficient (Wildman–Crippen LogP) is 2.92. The Morgan fingerprint density at radius 1 is 0.682 bits per heavy atom. The number of hydrogen-bond acceptors (Lipinski definition) is 14. The van der Waals surface area contributed by atoms with Gasteiger partial charge in [0.05, 0.1) is 14.8 Å². The van der Waals surface area contributed by atoms with E-state index in [1.165, 1.54) is 20.8 Å². The van der Waals surface area contributed by atoms with E-state index in [0.717, 1.165) is 0 Å². The van der Waals surface area contributed by atoms with E-state index in [4.69, 9.17) is 46.4 Å². The fraction of sp³-hybridized carbons (Fsp3) is 0.200. The summed E-state index contributed by atoms with van der Waals surface area (Å²) < 4.78 is 9.51. The van der Waals surface area contributed by atoms with Gasteiger partial charge in [-0.3, -0.25) is 44.7 Å². The summed E-state index contributed by atoms with van der Waals surface area (Å²) in [5.41, 5.74) is -2.70. The quantitative estimate of drug-likeness (QED) is 0.0953. The SMILES string of the molecule is Cc1[nH]c(=O)[nH]c(=O)c1[N+](=O)[O-].Cc1nc(Cl)nc(Cl)c1[N+](=O)[O-].Cc1nc(Cl)nc(Cl)c1[N+](=O)[O-].O=P(Cl)(Cl)Cl.[Ac].[Na+].[OH-]. The molecule has 3 aromatic rings. The molecule has 3 heterocycles. The van der Waals surface area contributed by atoms with Crippen molar-refractivity contribution in [3.05, 3.63) is 89.1 Å². The molecule has 235 valence electrons. The van der Waals surface area contributed by atoms with Gasteiger partial charge in [-0.25, -0.2) is 14.8 Å². The van der Waals surface area contributed by atoms with Crippen LogP contribution in [0.2, 0.25) is 20.9 Å². The Morgan fingerprint density at radius 2 is 0.977 bits per heavy atom. The van der Waals surface area contributed by atoms with Crippen molar-refractivity contribution in [2.75, 3.05) is 0 Å². The summed E-state index contributed by atoms with van der Waals surface area (Å²) in [4.78, 5) is 68.0. The van der Waals surface area contributed by atoms with E-state index in [9.17, 15) is 44.5 Å². The average molecular weight is 1010 g/mol. The minimum atomic E-state index is -3.22. The van der Waals surface area contributed by atoms with E-state index >= 15 is 0 Å². The van der Waals surface area contributed by atoms with Gasteiger partial charge in [-0.15, -0.1) is 0 Å². The zero-order valence-electron chi connectivity index (χ0n) is 21.9. The maximum atomic E-state index is 10.8. The maximum Gasteiger partial charge on any atom is 1.00 e. The number of nitro groups is 3. The van der Waals surface area contributed by atoms with Crippen molar-refractivity contribution in [2.24, 2.45) is 0 Å². The van der Waals surface area contributed by atoms with Crippen molar-refractivity contribution in [1.82, 2.24) is 29.9 Å². The molecule has 0 aliphatic heterocycles. The topological polar surface area (TPSA) is 294 Å². The Morgan fingerprint density at radius 3 is 1.20 bits per heavy atom. The van der Waals surface area contributed by atoms with Gasteiger partial charge in [0, 0.05) is 44.1 Å². The third-order valence-corrected chi connectivity index (χ3v) is 4.49. The summed E-state index contributed by atoms with van der Waals surface area (Å²) in [5, 5.41) is 27.0. The van der Waals surface area contributed by atoms with Crippen LogP contribution in [0.4, 0.5) is 17.1 Å². The van der Waals surface area contributed by atoms with Crippen molar-refractivity contribution in [3.8, 4) is 0 Å². The molecule has 0 aliphatic rings. The molecule has 19 nitrogen and oxygen atoms in total. The van der Waals surface area contributed by atoms with Gasteiger partial charge in [-0.05, 0) is 77.7 Å². The van der Waals surface area contributed by atoms with Gasteiger partial charge < -0.3 is 10.5 Å². The van der Waals surface area contributed by atoms with Gasteiger partial charge in [-0.1, -0.05) is 23.2 Å². The zero-order chi connectivity index (χ0) is 32.4. The standard InChI is InChI=1S/2C5H3Cl2N3O2.C5H5N3O4.Ac.Cl3OP.Na.H2O/c2*1-2-3(10(11)12)4(6)9-5(7)8-2;1-2-3(8(11)12)4(9)7-5(10)6-2;;1-5(2,3)4;;/h2*1H3;1H3,(H2,6,7,9,10);;;;1H2/q;;;;;+1;/p-1. The van der Waals surface area contributed by atoms with Gasteiger partial charge >= 0.3 is 63.1 Å². The molecule has 0 aromatic carbocycles. The number of aromatic nitrogens is 6. The summed E-state index contributed by atoms with van der Waals surface area (Å²) in [6.45, 7) is 4.17. The molecule has 3 rings (SSSR count). The molecule has 0 amide bonds. The molecule has 0 aliphatic carbocycles. The van der Waals surface area contributed by atoms with Crippen molar-refractivity contribution < 1.29 is 98.4 Å². The summed E-state index contributed by atoms with van der Waals surface area (Å²) >= 11 is 35.5. The monoisotopic (exact) mass is 1000 g/mol. The summed E-state index contributed by atoms with van der Waals surface area (Å²) in [7, 11) is 0. The molecular formula is C15H12AcCl7N9NaO10P. The molecule has 0 bridgehead atoms. The fourth-order valence-corrected chi connectivity index (χ4v) is 3.31. The van der Waals surface area contributed by atoms with E-state index in [-0.39, 0.29) is 128 Å². The molecule has 0 spiro atoms. The molecular weight excluding hydrogens is 995 g/mol. The molecule has 0 unspecified atom stereocenters. The predicted molar refractivity (Wildman–Crippen MR) is 153 cm³/mol. The van der Waals surface area contributed by atoms with Crippen molar-refractivity contribution in [2.45, 2.75) is 20.8 Å². The fourth-order valence-electron chi connectivity index (χ4n) is 2.23. The summed E-state index contributed by atoms with van der Waals surface area (Å²) in [5.74, 6) is 0. The van der Waals surface area contributed by atoms with Crippen LogP contribution in [0.1, 0.15) is 17.1 Å². The van der Waals surface area contributed by atoms with Crippen LogP contribution in [-0.2, 0) is 4.57 Å². The van der Waals surface area contributed by atoms with Crippen LogP contribution >= 0.6 is 85.3 Å². The second kappa shape index (κ2) is 23.1. The van der Waals surface area contributed by atoms with Crippen LogP contribution in [0.25, 0.3) is 0 Å². The normalized spacial score (nSPS) is 9.41. The number of nitrogens with one attached hydrogen (secondary N) is 2. The molecule has 0 saturated carbocycles. The van der Waals surface area contributed by atoms with E-state index in [2.05, 4.69) is 58.6 Å². The van der Waals surface area contributed by atoms with Gasteiger partial charge in [0.15, 0.2) is 0 Å². The smallest absolute Gasteiger partial charge is 0.870 e. The molecule has 0 fully saturated rings. The van der Waals surface area contributed by atoms with Crippen LogP contribution in [0.15, 0.2) is 9.59 Å². The van der Waals surface area contributed by atoms with E-state index < -0.39 is 36.9 Å². The number of rotatable bonds is 3. The molecule has 1 radical (unpaired) electrons. The molecule has 3 N–H and O–H groups in total. The Balaban J connectivity index is -0.000000246. The van der Waals surface area contributed by atoms with Crippen LogP contribution in [0, 0.1) is 95.2 Å². The Hall–Kier alpha value is -0.298. The van der Waals surface area contributed by atoms with Gasteiger partial charge in [0.1, 0.15) is 17.1 Å². The molecule has 0 atom stereocenters. The molecule has 3 aromatic heterocycles. The van der Waals surface area contributed by atoms with Crippen LogP contribution < -0.4 is 40.8 Å². The van der Waals surface area contributed by atoms with Crippen LogP contribution in [0.5, 0.6) is 0 Å². The average Bonchev–Trinajstić information content (AvgIpc) is 2.70. The van der Waals surface area contributed by atoms with Crippen LogP contribution in [0.3, 0.4) is 0 Å². The Labute approximate surface area is 336 Å². The minimum Gasteiger partial charge on any atom is -0.870 e. The van der Waals surface area contributed by atoms with Crippen molar-refractivity contribution in [3.63, 3.8) is 0 Å². The zero-order valence-corrected chi connectivity index (χ0v) is 34.9. The number of halogens is 7. The minimum absolute atomic E-state index is 0. The van der Waals surface area contributed by atoms with Gasteiger partial charge in [-0.2, -0.15) is 9.97 Å². The number of nitrogens with zero attached hydrogens (tertiary/aromatic N) is 7. The van der Waals surface area contributed by atoms with Crippen molar-refractivity contribution in [1.29, 1.82) is 0 Å². The van der Waals surface area contributed by atoms with Gasteiger partial charge in [0.2, 0.25) is 20.9 Å². The van der Waals surface area contributed by atoms with Crippen molar-refractivity contribution >= 4 is 102 Å². The number of aromatic amines is 2. The number of aryl methyl sites for hydroxylation is 3. The van der Waals surface area contributed by atoms with E-state index in [1.54, 1.807) is 4.98 Å².